The summed E-state index contributed by atoms with van der Waals surface area (Å²) in [7, 11) is 0. The lowest BCUT2D eigenvalue weighted by Gasteiger charge is -2.29. The first kappa shape index (κ1) is 23.1. The predicted octanol–water partition coefficient (Wildman–Crippen LogP) is 1.32. The molecule has 0 radical (unpaired) electrons. The van der Waals surface area contributed by atoms with E-state index in [2.05, 4.69) is 23.3 Å². The van der Waals surface area contributed by atoms with Crippen LogP contribution in [0.3, 0.4) is 0 Å². The van der Waals surface area contributed by atoms with Gasteiger partial charge >= 0.3 is 0 Å². The molecule has 6 N–H and O–H groups in total. The highest BCUT2D eigenvalue weighted by molar-refractivity contribution is 7.80. The summed E-state index contributed by atoms with van der Waals surface area (Å²) < 4.78 is 20.1. The monoisotopic (exact) mass is 446 g/mol. The Hall–Kier alpha value is -2.62. The number of hydrogen-bond donors (Lipinski definition) is 5. The van der Waals surface area contributed by atoms with E-state index < -0.39 is 23.7 Å². The van der Waals surface area contributed by atoms with Crippen LogP contribution >= 0.6 is 12.6 Å². The van der Waals surface area contributed by atoms with E-state index in [1.54, 1.807) is 0 Å². The zero-order chi connectivity index (χ0) is 22.4. The summed E-state index contributed by atoms with van der Waals surface area (Å²) in [5, 5.41) is 5.91. The first-order valence-electron chi connectivity index (χ1n) is 10.1. The van der Waals surface area contributed by atoms with Crippen LogP contribution in [-0.2, 0) is 11.2 Å². The number of primary amides is 1. The Kier molecular flexibility index (Phi) is 7.89. The number of nitrogens with one attached hydrogen (secondary N) is 2. The van der Waals surface area contributed by atoms with Gasteiger partial charge in [-0.25, -0.2) is 4.39 Å². The minimum atomic E-state index is -0.945. The van der Waals surface area contributed by atoms with E-state index in [0.29, 0.717) is 36.6 Å². The molecule has 3 atom stereocenters. The number of thiol groups is 1. The van der Waals surface area contributed by atoms with Gasteiger partial charge in [0.2, 0.25) is 5.91 Å². The molecule has 0 saturated heterocycles. The van der Waals surface area contributed by atoms with Crippen molar-refractivity contribution in [3.05, 3.63) is 65.0 Å². The SMILES string of the molecule is NC(=O)[C@H](Cc1ccccc1)NC(=O)c1cc(F)cc2c1OCCC2NC[C@@H](N)CS. The Bertz CT molecular complexity index is 928. The highest BCUT2D eigenvalue weighted by Crippen LogP contribution is 2.36. The van der Waals surface area contributed by atoms with E-state index in [0.717, 1.165) is 11.6 Å². The van der Waals surface area contributed by atoms with Crippen LogP contribution in [-0.4, -0.2) is 42.8 Å². The van der Waals surface area contributed by atoms with Crippen LogP contribution in [0.15, 0.2) is 42.5 Å². The number of fused-ring (bicyclic) bond motifs is 1. The fraction of sp³-hybridized carbons (Fsp3) is 0.364. The van der Waals surface area contributed by atoms with Crippen molar-refractivity contribution in [2.45, 2.75) is 31.0 Å². The molecule has 166 valence electrons. The van der Waals surface area contributed by atoms with E-state index >= 15 is 0 Å². The third-order valence-corrected chi connectivity index (χ3v) is 5.62. The molecule has 0 aliphatic carbocycles. The van der Waals surface area contributed by atoms with Gasteiger partial charge in [-0.1, -0.05) is 30.3 Å². The molecule has 2 aromatic rings. The van der Waals surface area contributed by atoms with E-state index in [9.17, 15) is 14.0 Å². The number of amides is 2. The third-order valence-electron chi connectivity index (χ3n) is 5.15. The molecular weight excluding hydrogens is 419 g/mol. The van der Waals surface area contributed by atoms with Crippen LogP contribution in [0.4, 0.5) is 4.39 Å². The van der Waals surface area contributed by atoms with Crippen molar-refractivity contribution in [3.8, 4) is 5.75 Å². The van der Waals surface area contributed by atoms with Gasteiger partial charge in [0.05, 0.1) is 12.2 Å². The smallest absolute Gasteiger partial charge is 0.255 e. The Morgan fingerprint density at radius 3 is 2.68 bits per heavy atom. The van der Waals surface area contributed by atoms with Crippen molar-refractivity contribution in [2.75, 3.05) is 18.9 Å². The highest BCUT2D eigenvalue weighted by atomic mass is 32.1. The summed E-state index contributed by atoms with van der Waals surface area (Å²) in [6.07, 6.45) is 0.834. The van der Waals surface area contributed by atoms with E-state index in [1.807, 2.05) is 30.3 Å². The van der Waals surface area contributed by atoms with Gasteiger partial charge in [-0.15, -0.1) is 0 Å². The minimum absolute atomic E-state index is 0.0271. The Morgan fingerprint density at radius 1 is 1.26 bits per heavy atom. The number of ether oxygens (including phenoxy) is 1. The second-order valence-electron chi connectivity index (χ2n) is 7.53. The fourth-order valence-corrected chi connectivity index (χ4v) is 3.65. The molecule has 0 fully saturated rings. The van der Waals surface area contributed by atoms with Crippen molar-refractivity contribution in [1.29, 1.82) is 0 Å². The standard InChI is InChI=1S/C22H27FN4O3S/c23-14-9-16-18(26-11-15(24)12-31)6-7-30-20(16)17(10-14)22(29)27-19(21(25)28)8-13-4-2-1-3-5-13/h1-5,9-10,15,18-19,26,31H,6-8,11-12,24H2,(H2,25,28)(H,27,29)/t15-,18?,19+/m1/s1. The Morgan fingerprint density at radius 2 is 2.00 bits per heavy atom. The fourth-order valence-electron chi connectivity index (χ4n) is 3.52. The number of halogens is 1. The van der Waals surface area contributed by atoms with Gasteiger partial charge in [0, 0.05) is 42.8 Å². The van der Waals surface area contributed by atoms with E-state index in [4.69, 9.17) is 16.2 Å². The van der Waals surface area contributed by atoms with Crippen molar-refractivity contribution >= 4 is 24.4 Å². The van der Waals surface area contributed by atoms with Crippen LogP contribution in [0.5, 0.6) is 5.75 Å². The average molecular weight is 447 g/mol. The molecule has 1 aliphatic heterocycles. The molecule has 2 aromatic carbocycles. The Labute approximate surface area is 186 Å². The van der Waals surface area contributed by atoms with E-state index in [-0.39, 0.29) is 24.1 Å². The van der Waals surface area contributed by atoms with Crippen molar-refractivity contribution in [2.24, 2.45) is 11.5 Å². The molecule has 7 nitrogen and oxygen atoms in total. The molecule has 1 unspecified atom stereocenters. The van der Waals surface area contributed by atoms with Crippen LogP contribution in [0.2, 0.25) is 0 Å². The van der Waals surface area contributed by atoms with Gasteiger partial charge in [0.1, 0.15) is 17.6 Å². The van der Waals surface area contributed by atoms with Gasteiger partial charge in [-0.05, 0) is 17.7 Å². The maximum Gasteiger partial charge on any atom is 0.255 e. The summed E-state index contributed by atoms with van der Waals surface area (Å²) in [6, 6.07) is 10.3. The number of carbonyl (C=O) groups is 2. The molecule has 31 heavy (non-hydrogen) atoms. The number of carbonyl (C=O) groups excluding carboxylic acids is 2. The molecule has 2 amide bonds. The molecule has 0 saturated carbocycles. The highest BCUT2D eigenvalue weighted by Gasteiger charge is 2.29. The van der Waals surface area contributed by atoms with Crippen molar-refractivity contribution in [1.82, 2.24) is 10.6 Å². The summed E-state index contributed by atoms with van der Waals surface area (Å²) >= 11 is 4.17. The van der Waals surface area contributed by atoms with E-state index in [1.165, 1.54) is 6.07 Å². The van der Waals surface area contributed by atoms with Gasteiger partial charge in [-0.3, -0.25) is 9.59 Å². The lowest BCUT2D eigenvalue weighted by atomic mass is 9.96. The maximum absolute atomic E-state index is 14.4. The maximum atomic E-state index is 14.4. The Balaban J connectivity index is 1.82. The first-order valence-corrected chi connectivity index (χ1v) is 10.7. The molecule has 1 heterocycles. The zero-order valence-electron chi connectivity index (χ0n) is 17.0. The van der Waals surface area contributed by atoms with Gasteiger partial charge in [0.25, 0.3) is 5.91 Å². The van der Waals surface area contributed by atoms with Gasteiger partial charge in [-0.2, -0.15) is 12.6 Å². The third kappa shape index (κ3) is 5.96. The summed E-state index contributed by atoms with van der Waals surface area (Å²) in [5.41, 5.74) is 12.8. The quantitative estimate of drug-likeness (QED) is 0.372. The predicted molar refractivity (Wildman–Crippen MR) is 120 cm³/mol. The lowest BCUT2D eigenvalue weighted by molar-refractivity contribution is -0.119. The van der Waals surface area contributed by atoms with Crippen LogP contribution < -0.4 is 26.8 Å². The zero-order valence-corrected chi connectivity index (χ0v) is 17.9. The number of rotatable bonds is 9. The lowest BCUT2D eigenvalue weighted by Crippen LogP contribution is -2.46. The number of benzene rings is 2. The molecule has 0 aromatic heterocycles. The average Bonchev–Trinajstić information content (AvgIpc) is 2.77. The number of hydrogen-bond acceptors (Lipinski definition) is 6. The molecule has 3 rings (SSSR count). The summed E-state index contributed by atoms with van der Waals surface area (Å²) in [6.45, 7) is 0.850. The normalized spacial score (nSPS) is 17.2. The molecule has 0 bridgehead atoms. The minimum Gasteiger partial charge on any atom is -0.492 e. The largest absolute Gasteiger partial charge is 0.492 e. The van der Waals surface area contributed by atoms with Crippen molar-refractivity contribution in [3.63, 3.8) is 0 Å². The second-order valence-corrected chi connectivity index (χ2v) is 7.90. The van der Waals surface area contributed by atoms with Crippen molar-refractivity contribution < 1.29 is 18.7 Å². The topological polar surface area (TPSA) is 119 Å². The second kappa shape index (κ2) is 10.6. The van der Waals surface area contributed by atoms with Crippen LogP contribution in [0, 0.1) is 5.82 Å². The first-order chi connectivity index (χ1) is 14.9. The molecular formula is C22H27FN4O3S. The molecule has 9 heteroatoms. The molecule has 0 spiro atoms. The van der Waals surface area contributed by atoms with Crippen LogP contribution in [0.1, 0.15) is 33.9 Å². The van der Waals surface area contributed by atoms with Gasteiger partial charge < -0.3 is 26.8 Å². The summed E-state index contributed by atoms with van der Waals surface area (Å²) in [5.74, 6) is -1.06. The molecule has 1 aliphatic rings. The van der Waals surface area contributed by atoms with Crippen LogP contribution in [0.25, 0.3) is 0 Å². The summed E-state index contributed by atoms with van der Waals surface area (Å²) in [4.78, 5) is 24.9. The number of nitrogens with two attached hydrogens (primary N) is 2. The van der Waals surface area contributed by atoms with Gasteiger partial charge in [0.15, 0.2) is 0 Å².